The maximum Gasteiger partial charge on any atom is 0.187 e. The molecule has 1 fully saturated rings. The Morgan fingerprint density at radius 3 is 2.12 bits per heavy atom. The summed E-state index contributed by atoms with van der Waals surface area (Å²) in [6.45, 7) is 0.281. The highest BCUT2D eigenvalue weighted by atomic mass is 16.7. The Labute approximate surface area is 140 Å². The third-order valence-electron chi connectivity index (χ3n) is 4.06. The number of rotatable bonds is 9. The summed E-state index contributed by atoms with van der Waals surface area (Å²) in [6.07, 6.45) is -11.2. The lowest BCUT2D eigenvalue weighted by atomic mass is 9.98. The molecule has 144 valence electrons. The molecule has 10 nitrogen and oxygen atoms in total. The Bertz CT molecular complexity index is 350. The minimum Gasteiger partial charge on any atom is -0.394 e. The lowest BCUT2D eigenvalue weighted by molar-refractivity contribution is -0.328. The lowest BCUT2D eigenvalue weighted by Gasteiger charge is -2.43. The van der Waals surface area contributed by atoms with Crippen molar-refractivity contribution in [2.45, 2.75) is 62.0 Å². The van der Waals surface area contributed by atoms with Gasteiger partial charge in [-0.2, -0.15) is 0 Å². The number of hydrogen-bond acceptors (Lipinski definition) is 10. The van der Waals surface area contributed by atoms with Gasteiger partial charge in [-0.15, -0.1) is 0 Å². The largest absolute Gasteiger partial charge is 0.394 e. The number of aliphatic hydroxyl groups excluding tert-OH is 6. The van der Waals surface area contributed by atoms with E-state index in [1.165, 1.54) is 21.1 Å². The topological polar surface area (TPSA) is 158 Å². The van der Waals surface area contributed by atoms with E-state index in [0.717, 1.165) is 0 Å². The molecule has 4 unspecified atom stereocenters. The molecule has 1 saturated heterocycles. The molecule has 9 atom stereocenters. The molecule has 1 rings (SSSR count). The monoisotopic (exact) mass is 356 g/mol. The molecular weight excluding hydrogens is 328 g/mol. The van der Waals surface area contributed by atoms with Crippen LogP contribution in [0.4, 0.5) is 0 Å². The van der Waals surface area contributed by atoms with E-state index in [4.69, 9.17) is 18.9 Å². The van der Waals surface area contributed by atoms with Crippen molar-refractivity contribution in [2.24, 2.45) is 0 Å². The van der Waals surface area contributed by atoms with E-state index >= 15 is 0 Å². The first kappa shape index (κ1) is 21.6. The molecule has 0 bridgehead atoms. The Hall–Kier alpha value is -0.400. The van der Waals surface area contributed by atoms with Crippen molar-refractivity contribution in [3.8, 4) is 0 Å². The van der Waals surface area contributed by atoms with Crippen molar-refractivity contribution < 1.29 is 49.6 Å². The minimum atomic E-state index is -1.43. The second kappa shape index (κ2) is 9.92. The quantitative estimate of drug-likeness (QED) is 0.246. The van der Waals surface area contributed by atoms with Crippen molar-refractivity contribution in [2.75, 3.05) is 27.4 Å². The van der Waals surface area contributed by atoms with Gasteiger partial charge in [0.2, 0.25) is 0 Å². The summed E-state index contributed by atoms with van der Waals surface area (Å²) in [4.78, 5) is 0. The van der Waals surface area contributed by atoms with Crippen LogP contribution in [0.1, 0.15) is 6.92 Å². The summed E-state index contributed by atoms with van der Waals surface area (Å²) in [7, 11) is 2.54. The number of aliphatic hydroxyl groups is 6. The molecule has 0 aromatic heterocycles. The van der Waals surface area contributed by atoms with Crippen LogP contribution in [0, 0.1) is 0 Å². The van der Waals surface area contributed by atoms with E-state index in [2.05, 4.69) is 0 Å². The molecule has 1 aliphatic heterocycles. The first-order valence-corrected chi connectivity index (χ1v) is 7.62. The summed E-state index contributed by atoms with van der Waals surface area (Å²) in [6, 6.07) is 0. The van der Waals surface area contributed by atoms with Gasteiger partial charge in [0.1, 0.15) is 42.7 Å². The van der Waals surface area contributed by atoms with Crippen molar-refractivity contribution in [1.29, 1.82) is 0 Å². The molecule has 0 aromatic rings. The van der Waals surface area contributed by atoms with Crippen LogP contribution < -0.4 is 0 Å². The van der Waals surface area contributed by atoms with Gasteiger partial charge in [-0.3, -0.25) is 0 Å². The molecular formula is C14H28O10. The van der Waals surface area contributed by atoms with Gasteiger partial charge in [0.25, 0.3) is 0 Å². The molecule has 10 heteroatoms. The number of ether oxygens (including phenoxy) is 4. The predicted octanol–water partition coefficient (Wildman–Crippen LogP) is -3.43. The van der Waals surface area contributed by atoms with Crippen LogP contribution in [-0.4, -0.2) is 113 Å². The van der Waals surface area contributed by atoms with Gasteiger partial charge >= 0.3 is 0 Å². The molecule has 1 aliphatic rings. The maximum absolute atomic E-state index is 10.2. The summed E-state index contributed by atoms with van der Waals surface area (Å²) in [5.74, 6) is 0. The zero-order valence-electron chi connectivity index (χ0n) is 13.9. The van der Waals surface area contributed by atoms with E-state index in [1.807, 2.05) is 0 Å². The predicted molar refractivity (Wildman–Crippen MR) is 79.0 cm³/mol. The van der Waals surface area contributed by atoms with Gasteiger partial charge in [-0.25, -0.2) is 0 Å². The Morgan fingerprint density at radius 2 is 1.71 bits per heavy atom. The number of methoxy groups -OCH3 is 2. The molecule has 0 saturated carbocycles. The number of hydrogen-bond donors (Lipinski definition) is 6. The summed E-state index contributed by atoms with van der Waals surface area (Å²) < 4.78 is 20.7. The summed E-state index contributed by atoms with van der Waals surface area (Å²) >= 11 is 0. The van der Waals surface area contributed by atoms with Crippen LogP contribution in [0.2, 0.25) is 0 Å². The van der Waals surface area contributed by atoms with E-state index in [9.17, 15) is 30.6 Å². The normalized spacial score (nSPS) is 36.1. The Balaban J connectivity index is 2.91. The highest BCUT2D eigenvalue weighted by Gasteiger charge is 2.47. The van der Waals surface area contributed by atoms with Gasteiger partial charge in [0, 0.05) is 14.2 Å². The Kier molecular flexibility index (Phi) is 8.95. The van der Waals surface area contributed by atoms with Gasteiger partial charge in [0.05, 0.1) is 19.3 Å². The summed E-state index contributed by atoms with van der Waals surface area (Å²) in [5.41, 5.74) is 0. The fraction of sp³-hybridized carbons (Fsp3) is 1.00. The van der Waals surface area contributed by atoms with E-state index in [-0.39, 0.29) is 0 Å². The maximum atomic E-state index is 10.2. The highest BCUT2D eigenvalue weighted by Crippen LogP contribution is 2.26. The molecule has 0 aromatic carbocycles. The Morgan fingerprint density at radius 1 is 1.08 bits per heavy atom. The van der Waals surface area contributed by atoms with E-state index in [0.29, 0.717) is 0 Å². The van der Waals surface area contributed by atoms with E-state index < -0.39 is 68.3 Å². The first-order chi connectivity index (χ1) is 11.3. The molecule has 1 heterocycles. The smallest absolute Gasteiger partial charge is 0.187 e. The fourth-order valence-corrected chi connectivity index (χ4v) is 2.61. The molecule has 0 amide bonds. The zero-order chi connectivity index (χ0) is 18.4. The average Bonchev–Trinajstić information content (AvgIpc) is 2.55. The van der Waals surface area contributed by atoms with Crippen molar-refractivity contribution in [3.63, 3.8) is 0 Å². The van der Waals surface area contributed by atoms with Crippen molar-refractivity contribution in [1.82, 2.24) is 0 Å². The van der Waals surface area contributed by atoms with Gasteiger partial charge in [0.15, 0.2) is 6.29 Å². The van der Waals surface area contributed by atoms with Crippen LogP contribution in [0.25, 0.3) is 0 Å². The molecule has 6 N–H and O–H groups in total. The van der Waals surface area contributed by atoms with Crippen LogP contribution >= 0.6 is 0 Å². The van der Waals surface area contributed by atoms with Crippen LogP contribution in [0.15, 0.2) is 0 Å². The third kappa shape index (κ3) is 4.82. The average molecular weight is 356 g/mol. The third-order valence-corrected chi connectivity index (χ3v) is 4.06. The molecule has 0 radical (unpaired) electrons. The SMILES string of the molecule is COC(CO)[C@@H](O)C(O[C@@H]1OC(CO)[C@@H](O)[C@H](OC)C1O)[C@@H](C)O. The van der Waals surface area contributed by atoms with Gasteiger partial charge in [-0.05, 0) is 6.92 Å². The first-order valence-electron chi connectivity index (χ1n) is 7.62. The highest BCUT2D eigenvalue weighted by molar-refractivity contribution is 4.91. The minimum absolute atomic E-state index is 0.517. The van der Waals surface area contributed by atoms with Crippen molar-refractivity contribution >= 4 is 0 Å². The molecule has 0 spiro atoms. The van der Waals surface area contributed by atoms with Crippen LogP contribution in [0.3, 0.4) is 0 Å². The van der Waals surface area contributed by atoms with E-state index in [1.54, 1.807) is 0 Å². The summed E-state index contributed by atoms with van der Waals surface area (Å²) in [5, 5.41) is 58.7. The molecule has 24 heavy (non-hydrogen) atoms. The van der Waals surface area contributed by atoms with Gasteiger partial charge in [-0.1, -0.05) is 0 Å². The second-order valence-electron chi connectivity index (χ2n) is 5.70. The van der Waals surface area contributed by atoms with Crippen LogP contribution in [-0.2, 0) is 18.9 Å². The molecule has 0 aliphatic carbocycles. The standard InChI is InChI=1S/C14H28O10/c1-6(17)12(9(18)7(4-15)21-2)24-14-11(20)13(22-3)10(19)8(5-16)23-14/h6-20H,4-5H2,1-3H3/t6-,7?,8?,9-,10-,11?,12?,13+,14+/m1/s1. The van der Waals surface area contributed by atoms with Crippen molar-refractivity contribution in [3.05, 3.63) is 0 Å². The van der Waals surface area contributed by atoms with Crippen LogP contribution in [0.5, 0.6) is 0 Å². The second-order valence-corrected chi connectivity index (χ2v) is 5.70. The lowest BCUT2D eigenvalue weighted by Crippen LogP contribution is -2.61. The fourth-order valence-electron chi connectivity index (χ4n) is 2.61. The zero-order valence-corrected chi connectivity index (χ0v) is 13.9. The van der Waals surface area contributed by atoms with Gasteiger partial charge < -0.3 is 49.6 Å².